The zero-order chi connectivity index (χ0) is 14.7. The fourth-order valence-corrected chi connectivity index (χ4v) is 4.46. The molecule has 0 spiro atoms. The van der Waals surface area contributed by atoms with Crippen molar-refractivity contribution < 1.29 is 12.8 Å². The number of hydrogen-bond donors (Lipinski definition) is 2. The number of anilines is 2. The minimum absolute atomic E-state index is 0. The van der Waals surface area contributed by atoms with Crippen LogP contribution in [0.2, 0.25) is 0 Å². The topological polar surface area (TPSA) is 84.2 Å². The Kier molecular flexibility index (Phi) is 5.60. The van der Waals surface area contributed by atoms with E-state index in [0.29, 0.717) is 5.69 Å². The van der Waals surface area contributed by atoms with Crippen molar-refractivity contribution in [2.75, 3.05) is 21.7 Å². The van der Waals surface area contributed by atoms with Gasteiger partial charge in [0.1, 0.15) is 10.8 Å². The number of thioether (sulfide) groups is 1. The van der Waals surface area contributed by atoms with Gasteiger partial charge in [-0.1, -0.05) is 0 Å². The number of rotatable bonds is 5. The van der Waals surface area contributed by atoms with Crippen molar-refractivity contribution in [3.05, 3.63) is 36.5 Å². The number of aromatic nitrogens is 1. The summed E-state index contributed by atoms with van der Waals surface area (Å²) in [7, 11) is -3.18. The van der Waals surface area contributed by atoms with Crippen molar-refractivity contribution in [3.8, 4) is 0 Å². The lowest BCUT2D eigenvalue weighted by Crippen LogP contribution is -2.19. The van der Waals surface area contributed by atoms with Crippen molar-refractivity contribution in [2.45, 2.75) is 17.7 Å². The lowest BCUT2D eigenvalue weighted by Gasteiger charge is -2.18. The Balaban J connectivity index is 0.00000176. The van der Waals surface area contributed by atoms with Crippen molar-refractivity contribution >= 4 is 45.6 Å². The molecular formula is C13H16ClN3O3S2. The standard InChI is InChI=1S/C13H15N3O3S2.ClH/c17-21(18)9-20-13-6-10(3-4-12(13)16-21)15-5-1-2-11-7-14-8-19-11;/h3-4,6-8,15-16H,1-2,5,9H2;1H. The molecule has 0 bridgehead atoms. The van der Waals surface area contributed by atoms with Gasteiger partial charge >= 0.3 is 0 Å². The highest BCUT2D eigenvalue weighted by Crippen LogP contribution is 2.35. The number of fused-ring (bicyclic) bond motifs is 1. The van der Waals surface area contributed by atoms with E-state index in [2.05, 4.69) is 15.0 Å². The Hall–Kier alpha value is -1.38. The molecule has 0 saturated carbocycles. The SMILES string of the molecule is Cl.O=S1(=O)CSc2cc(NCCCc3cnco3)ccc2N1. The van der Waals surface area contributed by atoms with Gasteiger partial charge in [-0.2, -0.15) is 0 Å². The third kappa shape index (κ3) is 4.31. The number of halogens is 1. The highest BCUT2D eigenvalue weighted by molar-refractivity contribution is 8.13. The fourth-order valence-electron chi connectivity index (χ4n) is 2.04. The Labute approximate surface area is 139 Å². The zero-order valence-electron chi connectivity index (χ0n) is 11.6. The van der Waals surface area contributed by atoms with Crippen LogP contribution in [0.5, 0.6) is 0 Å². The van der Waals surface area contributed by atoms with Gasteiger partial charge in [-0.05, 0) is 24.6 Å². The molecule has 22 heavy (non-hydrogen) atoms. The van der Waals surface area contributed by atoms with Gasteiger partial charge in [-0.25, -0.2) is 13.4 Å². The molecule has 0 amide bonds. The number of benzene rings is 1. The van der Waals surface area contributed by atoms with Crippen LogP contribution in [0.25, 0.3) is 0 Å². The summed E-state index contributed by atoms with van der Waals surface area (Å²) in [4.78, 5) is 4.82. The molecule has 6 nitrogen and oxygen atoms in total. The average molecular weight is 362 g/mol. The minimum atomic E-state index is -3.18. The molecule has 0 fully saturated rings. The molecule has 0 saturated heterocycles. The molecule has 3 rings (SSSR count). The predicted molar refractivity (Wildman–Crippen MR) is 90.3 cm³/mol. The summed E-state index contributed by atoms with van der Waals surface area (Å²) in [6.45, 7) is 0.815. The van der Waals surface area contributed by atoms with E-state index in [9.17, 15) is 8.42 Å². The molecule has 0 aliphatic carbocycles. The maximum atomic E-state index is 11.5. The quantitative estimate of drug-likeness (QED) is 0.796. The number of oxazole rings is 1. The summed E-state index contributed by atoms with van der Waals surface area (Å²) < 4.78 is 30.6. The van der Waals surface area contributed by atoms with Crippen LogP contribution >= 0.6 is 24.2 Å². The maximum absolute atomic E-state index is 11.5. The highest BCUT2D eigenvalue weighted by atomic mass is 35.5. The largest absolute Gasteiger partial charge is 0.449 e. The Bertz CT molecular complexity index is 720. The second-order valence-electron chi connectivity index (χ2n) is 4.69. The van der Waals surface area contributed by atoms with Gasteiger partial charge in [0.15, 0.2) is 6.39 Å². The molecule has 1 aromatic heterocycles. The number of hydrogen-bond acceptors (Lipinski definition) is 6. The smallest absolute Gasteiger partial charge is 0.242 e. The lowest BCUT2D eigenvalue weighted by molar-refractivity contribution is 0.499. The van der Waals surface area contributed by atoms with E-state index in [1.165, 1.54) is 18.2 Å². The fraction of sp³-hybridized carbons (Fsp3) is 0.308. The van der Waals surface area contributed by atoms with Crippen LogP contribution in [0.15, 0.2) is 40.1 Å². The van der Waals surface area contributed by atoms with E-state index in [0.717, 1.165) is 35.7 Å². The second kappa shape index (κ2) is 7.26. The first-order chi connectivity index (χ1) is 10.1. The van der Waals surface area contributed by atoms with E-state index in [1.807, 2.05) is 12.1 Å². The molecule has 0 atom stereocenters. The van der Waals surface area contributed by atoms with E-state index in [1.54, 1.807) is 12.3 Å². The van der Waals surface area contributed by atoms with Gasteiger partial charge in [-0.3, -0.25) is 4.72 Å². The van der Waals surface area contributed by atoms with Crippen LogP contribution < -0.4 is 10.0 Å². The molecule has 0 unspecified atom stereocenters. The van der Waals surface area contributed by atoms with Crippen molar-refractivity contribution in [2.24, 2.45) is 0 Å². The third-order valence-corrected chi connectivity index (χ3v) is 5.92. The van der Waals surface area contributed by atoms with Crippen LogP contribution in [0, 0.1) is 0 Å². The number of sulfonamides is 1. The molecule has 2 N–H and O–H groups in total. The second-order valence-corrected chi connectivity index (χ2v) is 7.79. The summed E-state index contributed by atoms with van der Waals surface area (Å²) in [6.07, 6.45) is 4.94. The number of aryl methyl sites for hydroxylation is 1. The number of nitrogens with one attached hydrogen (secondary N) is 2. The molecule has 1 aliphatic heterocycles. The Morgan fingerprint density at radius 3 is 3.05 bits per heavy atom. The molecule has 0 radical (unpaired) electrons. The molecule has 2 aromatic rings. The van der Waals surface area contributed by atoms with Gasteiger partial charge in [0.05, 0.1) is 11.9 Å². The summed E-state index contributed by atoms with van der Waals surface area (Å²) in [6, 6.07) is 5.63. The monoisotopic (exact) mass is 361 g/mol. The van der Waals surface area contributed by atoms with Gasteiger partial charge in [0.25, 0.3) is 0 Å². The average Bonchev–Trinajstić information content (AvgIpc) is 2.96. The maximum Gasteiger partial charge on any atom is 0.242 e. The molecule has 9 heteroatoms. The van der Waals surface area contributed by atoms with Crippen molar-refractivity contribution in [1.29, 1.82) is 0 Å². The van der Waals surface area contributed by atoms with E-state index >= 15 is 0 Å². The Morgan fingerprint density at radius 1 is 1.41 bits per heavy atom. The predicted octanol–water partition coefficient (Wildman–Crippen LogP) is 2.95. The normalized spacial score (nSPS) is 15.3. The van der Waals surface area contributed by atoms with Crippen LogP contribution in [-0.4, -0.2) is 25.0 Å². The lowest BCUT2D eigenvalue weighted by atomic mass is 10.2. The summed E-state index contributed by atoms with van der Waals surface area (Å²) in [5.41, 5.74) is 1.64. The van der Waals surface area contributed by atoms with Crippen LogP contribution in [0.4, 0.5) is 11.4 Å². The van der Waals surface area contributed by atoms with Gasteiger partial charge in [0.2, 0.25) is 10.0 Å². The van der Waals surface area contributed by atoms with Gasteiger partial charge in [-0.15, -0.1) is 24.2 Å². The van der Waals surface area contributed by atoms with Crippen molar-refractivity contribution in [3.63, 3.8) is 0 Å². The molecule has 2 heterocycles. The van der Waals surface area contributed by atoms with E-state index in [4.69, 9.17) is 4.42 Å². The molecule has 1 aromatic carbocycles. The van der Waals surface area contributed by atoms with Crippen LogP contribution in [0.3, 0.4) is 0 Å². The third-order valence-electron chi connectivity index (χ3n) is 3.03. The number of nitrogens with zero attached hydrogens (tertiary/aromatic N) is 1. The van der Waals surface area contributed by atoms with Gasteiger partial charge in [0, 0.05) is 23.5 Å². The summed E-state index contributed by atoms with van der Waals surface area (Å²) in [5.74, 6) is 0.882. The van der Waals surface area contributed by atoms with Crippen molar-refractivity contribution in [1.82, 2.24) is 4.98 Å². The molecule has 120 valence electrons. The van der Waals surface area contributed by atoms with E-state index in [-0.39, 0.29) is 17.5 Å². The van der Waals surface area contributed by atoms with Crippen LogP contribution in [0.1, 0.15) is 12.2 Å². The van der Waals surface area contributed by atoms with Crippen LogP contribution in [-0.2, 0) is 16.4 Å². The minimum Gasteiger partial charge on any atom is -0.449 e. The van der Waals surface area contributed by atoms with Gasteiger partial charge < -0.3 is 9.73 Å². The molecule has 1 aliphatic rings. The first-order valence-corrected chi connectivity index (χ1v) is 9.15. The first-order valence-electron chi connectivity index (χ1n) is 6.51. The summed E-state index contributed by atoms with van der Waals surface area (Å²) in [5, 5.41) is 3.39. The Morgan fingerprint density at radius 2 is 2.27 bits per heavy atom. The molecular weight excluding hydrogens is 346 g/mol. The summed E-state index contributed by atoms with van der Waals surface area (Å²) >= 11 is 1.33. The zero-order valence-corrected chi connectivity index (χ0v) is 14.1. The highest BCUT2D eigenvalue weighted by Gasteiger charge is 2.20. The van der Waals surface area contributed by atoms with E-state index < -0.39 is 10.0 Å². The first kappa shape index (κ1) is 17.0.